The first-order valence-corrected chi connectivity index (χ1v) is 8.35. The van der Waals surface area contributed by atoms with Crippen LogP contribution < -0.4 is 10.1 Å². The van der Waals surface area contributed by atoms with Gasteiger partial charge < -0.3 is 10.1 Å². The second-order valence-electron chi connectivity index (χ2n) is 5.22. The maximum absolute atomic E-state index is 12.3. The van der Waals surface area contributed by atoms with Crippen molar-refractivity contribution in [1.29, 1.82) is 0 Å². The largest absolute Gasteiger partial charge is 0.494 e. The molecule has 25 heavy (non-hydrogen) atoms. The zero-order valence-electron chi connectivity index (χ0n) is 13.4. The summed E-state index contributed by atoms with van der Waals surface area (Å²) in [7, 11) is 0. The fraction of sp³-hybridized carbons (Fsp3) is 0.235. The maximum Gasteiger partial charge on any atom is 0.289 e. The zero-order chi connectivity index (χ0) is 18.4. The highest BCUT2D eigenvalue weighted by Gasteiger charge is 2.17. The van der Waals surface area contributed by atoms with Gasteiger partial charge in [0.15, 0.2) is 0 Å². The average Bonchev–Trinajstić information content (AvgIpc) is 2.58. The molecular weight excluding hydrogens is 367 g/mol. The van der Waals surface area contributed by atoms with E-state index in [-0.39, 0.29) is 21.4 Å². The van der Waals surface area contributed by atoms with Crippen LogP contribution in [0.3, 0.4) is 0 Å². The highest BCUT2D eigenvalue weighted by Crippen LogP contribution is 2.34. The normalized spacial score (nSPS) is 10.4. The van der Waals surface area contributed by atoms with Gasteiger partial charge in [0.2, 0.25) is 0 Å². The quantitative estimate of drug-likeness (QED) is 0.398. The number of carbonyl (C=O) groups is 1. The Kier molecular flexibility index (Phi) is 6.61. The molecule has 132 valence electrons. The van der Waals surface area contributed by atoms with Gasteiger partial charge in [-0.15, -0.1) is 0 Å². The molecule has 0 bridgehead atoms. The van der Waals surface area contributed by atoms with Crippen molar-refractivity contribution in [2.24, 2.45) is 0 Å². The zero-order valence-corrected chi connectivity index (χ0v) is 14.9. The van der Waals surface area contributed by atoms with Crippen molar-refractivity contribution in [1.82, 2.24) is 0 Å². The number of nitro benzene ring substituents is 1. The van der Waals surface area contributed by atoms with Crippen LogP contribution in [0.2, 0.25) is 10.0 Å². The second kappa shape index (κ2) is 8.69. The Morgan fingerprint density at radius 3 is 2.48 bits per heavy atom. The number of hydrogen-bond acceptors (Lipinski definition) is 4. The van der Waals surface area contributed by atoms with Gasteiger partial charge in [-0.1, -0.05) is 36.5 Å². The number of anilines is 1. The molecule has 2 rings (SSSR count). The summed E-state index contributed by atoms with van der Waals surface area (Å²) in [5.41, 5.74) is 0.275. The minimum absolute atomic E-state index is 0.0315. The van der Waals surface area contributed by atoms with E-state index in [1.165, 1.54) is 6.07 Å². The number of ether oxygens (including phenoxy) is 1. The van der Waals surface area contributed by atoms with Crippen molar-refractivity contribution in [3.8, 4) is 5.75 Å². The molecule has 0 aliphatic rings. The van der Waals surface area contributed by atoms with Crippen LogP contribution in [0.1, 0.15) is 30.1 Å². The molecule has 0 unspecified atom stereocenters. The molecule has 0 saturated carbocycles. The summed E-state index contributed by atoms with van der Waals surface area (Å²) in [4.78, 5) is 22.5. The van der Waals surface area contributed by atoms with Gasteiger partial charge in [0.1, 0.15) is 10.8 Å². The van der Waals surface area contributed by atoms with Gasteiger partial charge in [0.25, 0.3) is 11.6 Å². The van der Waals surface area contributed by atoms with Crippen molar-refractivity contribution in [2.75, 3.05) is 11.9 Å². The Morgan fingerprint density at radius 1 is 1.20 bits per heavy atom. The number of rotatable bonds is 7. The molecule has 0 aliphatic heterocycles. The van der Waals surface area contributed by atoms with E-state index in [9.17, 15) is 14.9 Å². The third kappa shape index (κ3) is 5.08. The molecule has 6 nitrogen and oxygen atoms in total. The van der Waals surface area contributed by atoms with Gasteiger partial charge in [-0.25, -0.2) is 0 Å². The van der Waals surface area contributed by atoms with Crippen LogP contribution in [0.5, 0.6) is 5.75 Å². The lowest BCUT2D eigenvalue weighted by Crippen LogP contribution is -2.12. The van der Waals surface area contributed by atoms with Crippen LogP contribution in [0.15, 0.2) is 36.4 Å². The van der Waals surface area contributed by atoms with Gasteiger partial charge in [0, 0.05) is 11.6 Å². The molecule has 0 radical (unpaired) electrons. The Balaban J connectivity index is 2.09. The van der Waals surface area contributed by atoms with Crippen LogP contribution in [-0.2, 0) is 0 Å². The Hall–Kier alpha value is -2.31. The fourth-order valence-electron chi connectivity index (χ4n) is 2.00. The number of carbonyl (C=O) groups excluding carboxylic acids is 1. The molecule has 0 atom stereocenters. The Morgan fingerprint density at radius 2 is 1.88 bits per heavy atom. The smallest absolute Gasteiger partial charge is 0.289 e. The van der Waals surface area contributed by atoms with E-state index in [0.29, 0.717) is 17.9 Å². The van der Waals surface area contributed by atoms with Crippen molar-refractivity contribution in [3.05, 3.63) is 62.1 Å². The number of amides is 1. The standard InChI is InChI=1S/C17H16Cl2N2O4/c1-2-3-8-25-12-6-4-11(5-7-12)17(22)20-15-9-14(19)16(21(23)24)10-13(15)18/h4-7,9-10H,2-3,8H2,1H3,(H,20,22). The molecule has 8 heteroatoms. The van der Waals surface area contributed by atoms with Crippen molar-refractivity contribution in [2.45, 2.75) is 19.8 Å². The number of benzene rings is 2. The second-order valence-corrected chi connectivity index (χ2v) is 6.04. The molecule has 0 fully saturated rings. The topological polar surface area (TPSA) is 81.5 Å². The summed E-state index contributed by atoms with van der Waals surface area (Å²) >= 11 is 11.8. The third-order valence-corrected chi connectivity index (χ3v) is 3.98. The summed E-state index contributed by atoms with van der Waals surface area (Å²) in [6, 6.07) is 9.01. The van der Waals surface area contributed by atoms with Gasteiger partial charge in [-0.2, -0.15) is 0 Å². The number of unbranched alkanes of at least 4 members (excludes halogenated alkanes) is 1. The lowest BCUT2D eigenvalue weighted by molar-refractivity contribution is -0.384. The molecule has 0 spiro atoms. The van der Waals surface area contributed by atoms with E-state index < -0.39 is 10.8 Å². The first-order chi connectivity index (χ1) is 11.9. The molecule has 2 aromatic rings. The minimum Gasteiger partial charge on any atom is -0.494 e. The molecule has 1 amide bonds. The van der Waals surface area contributed by atoms with E-state index >= 15 is 0 Å². The predicted octanol–water partition coefficient (Wildman–Crippen LogP) is 5.33. The summed E-state index contributed by atoms with van der Waals surface area (Å²) < 4.78 is 5.54. The number of hydrogen-bond donors (Lipinski definition) is 1. The Bertz CT molecular complexity index is 779. The lowest BCUT2D eigenvalue weighted by atomic mass is 10.2. The molecule has 0 saturated heterocycles. The van der Waals surface area contributed by atoms with Crippen LogP contribution in [0, 0.1) is 10.1 Å². The van der Waals surface area contributed by atoms with Crippen LogP contribution in [0.4, 0.5) is 11.4 Å². The van der Waals surface area contributed by atoms with E-state index in [1.54, 1.807) is 24.3 Å². The van der Waals surface area contributed by atoms with Gasteiger partial charge >= 0.3 is 0 Å². The first-order valence-electron chi connectivity index (χ1n) is 7.60. The minimum atomic E-state index is -0.642. The number of nitro groups is 1. The summed E-state index contributed by atoms with van der Waals surface area (Å²) in [6.45, 7) is 2.70. The van der Waals surface area contributed by atoms with Crippen LogP contribution in [0.25, 0.3) is 0 Å². The lowest BCUT2D eigenvalue weighted by Gasteiger charge is -2.09. The van der Waals surface area contributed by atoms with E-state index in [0.717, 1.165) is 18.9 Å². The molecule has 2 aromatic carbocycles. The van der Waals surface area contributed by atoms with E-state index in [2.05, 4.69) is 12.2 Å². The summed E-state index contributed by atoms with van der Waals surface area (Å²) in [5, 5.41) is 13.3. The highest BCUT2D eigenvalue weighted by molar-refractivity contribution is 6.37. The van der Waals surface area contributed by atoms with E-state index in [1.807, 2.05) is 0 Å². The maximum atomic E-state index is 12.3. The molecular formula is C17H16Cl2N2O4. The van der Waals surface area contributed by atoms with Crippen LogP contribution >= 0.6 is 23.2 Å². The average molecular weight is 383 g/mol. The monoisotopic (exact) mass is 382 g/mol. The number of nitrogens with one attached hydrogen (secondary N) is 1. The predicted molar refractivity (Wildman–Crippen MR) is 97.9 cm³/mol. The number of halogens is 2. The van der Waals surface area contributed by atoms with Crippen molar-refractivity contribution >= 4 is 40.5 Å². The van der Waals surface area contributed by atoms with Gasteiger partial charge in [-0.05, 0) is 36.8 Å². The summed E-state index contributed by atoms with van der Waals surface area (Å²) in [6.07, 6.45) is 2.00. The molecule has 1 N–H and O–H groups in total. The molecule has 0 heterocycles. The number of nitrogens with zero attached hydrogens (tertiary/aromatic N) is 1. The highest BCUT2D eigenvalue weighted by atomic mass is 35.5. The van der Waals surface area contributed by atoms with E-state index in [4.69, 9.17) is 27.9 Å². The van der Waals surface area contributed by atoms with Crippen molar-refractivity contribution in [3.63, 3.8) is 0 Å². The van der Waals surface area contributed by atoms with Gasteiger partial charge in [0.05, 0.1) is 22.2 Å². The van der Waals surface area contributed by atoms with Gasteiger partial charge in [-0.3, -0.25) is 14.9 Å². The SMILES string of the molecule is CCCCOc1ccc(C(=O)Nc2cc(Cl)c([N+](=O)[O-])cc2Cl)cc1. The molecule has 0 aromatic heterocycles. The van der Waals surface area contributed by atoms with Crippen LogP contribution in [-0.4, -0.2) is 17.4 Å². The Labute approximate surface area is 154 Å². The first kappa shape index (κ1) is 19.0. The fourth-order valence-corrected chi connectivity index (χ4v) is 2.44. The van der Waals surface area contributed by atoms with Crippen molar-refractivity contribution < 1.29 is 14.5 Å². The molecule has 0 aliphatic carbocycles. The summed E-state index contributed by atoms with van der Waals surface area (Å²) in [5.74, 6) is 0.272. The third-order valence-electron chi connectivity index (χ3n) is 3.36.